The zero-order valence-corrected chi connectivity index (χ0v) is 15.1. The summed E-state index contributed by atoms with van der Waals surface area (Å²) in [5, 5.41) is 3.70. The maximum atomic E-state index is 12.2. The molecule has 0 spiro atoms. The summed E-state index contributed by atoms with van der Waals surface area (Å²) in [5.41, 5.74) is 8.79. The van der Waals surface area contributed by atoms with Crippen LogP contribution in [0, 0.1) is 12.8 Å². The Labute approximate surface area is 153 Å². The third-order valence-corrected chi connectivity index (χ3v) is 5.11. The maximum Gasteiger partial charge on any atom is 0.271 e. The number of halogens is 1. The Morgan fingerprint density at radius 3 is 2.64 bits per heavy atom. The highest BCUT2D eigenvalue weighted by Gasteiger charge is 2.23. The molecule has 0 radical (unpaired) electrons. The number of aryl methyl sites for hydroxylation is 1. The molecule has 25 heavy (non-hydrogen) atoms. The van der Waals surface area contributed by atoms with E-state index in [9.17, 15) is 4.79 Å². The fourth-order valence-corrected chi connectivity index (χ4v) is 3.51. The molecule has 1 amide bonds. The topological polar surface area (TPSA) is 80.9 Å². The second kappa shape index (κ2) is 7.83. The molecule has 0 saturated heterocycles. The van der Waals surface area contributed by atoms with Crippen molar-refractivity contribution in [1.29, 1.82) is 0 Å². The van der Waals surface area contributed by atoms with E-state index in [1.165, 1.54) is 11.8 Å². The van der Waals surface area contributed by atoms with Gasteiger partial charge in [-0.3, -0.25) is 9.78 Å². The number of carbonyl (C=O) groups is 1. The number of hydrogen-bond donors (Lipinski definition) is 2. The largest absolute Gasteiger partial charge is 0.398 e. The SMILES string of the molecule is Cc1cnc(C(=O)N[C@H]2CC[C@H](Cc3ccc(N)c(Cl)c3)CC2)cn1. The Bertz CT molecular complexity index is 740. The molecule has 3 N–H and O–H groups in total. The first-order valence-corrected chi connectivity index (χ1v) is 9.02. The number of nitrogens with two attached hydrogens (primary N) is 1. The van der Waals surface area contributed by atoms with Crippen LogP contribution in [0.1, 0.15) is 47.4 Å². The Morgan fingerprint density at radius 1 is 1.24 bits per heavy atom. The van der Waals surface area contributed by atoms with Gasteiger partial charge in [0.1, 0.15) is 5.69 Å². The van der Waals surface area contributed by atoms with Gasteiger partial charge in [0.05, 0.1) is 22.6 Å². The number of nitrogens with zero attached hydrogens (tertiary/aromatic N) is 2. The van der Waals surface area contributed by atoms with Crippen LogP contribution < -0.4 is 11.1 Å². The fourth-order valence-electron chi connectivity index (χ4n) is 3.31. The van der Waals surface area contributed by atoms with Gasteiger partial charge in [-0.05, 0) is 62.6 Å². The molecule has 0 bridgehead atoms. The minimum absolute atomic E-state index is 0.138. The number of anilines is 1. The summed E-state index contributed by atoms with van der Waals surface area (Å²) in [7, 11) is 0. The van der Waals surface area contributed by atoms with E-state index in [4.69, 9.17) is 17.3 Å². The molecule has 1 heterocycles. The minimum Gasteiger partial charge on any atom is -0.398 e. The molecule has 1 aromatic carbocycles. The van der Waals surface area contributed by atoms with E-state index in [-0.39, 0.29) is 11.9 Å². The Kier molecular flexibility index (Phi) is 5.53. The van der Waals surface area contributed by atoms with Crippen LogP contribution in [0.5, 0.6) is 0 Å². The van der Waals surface area contributed by atoms with E-state index in [0.717, 1.165) is 37.8 Å². The van der Waals surface area contributed by atoms with E-state index in [1.54, 1.807) is 6.20 Å². The molecule has 0 atom stereocenters. The van der Waals surface area contributed by atoms with Crippen LogP contribution in [0.25, 0.3) is 0 Å². The van der Waals surface area contributed by atoms with E-state index in [2.05, 4.69) is 15.3 Å². The number of benzene rings is 1. The van der Waals surface area contributed by atoms with E-state index < -0.39 is 0 Å². The number of aromatic nitrogens is 2. The van der Waals surface area contributed by atoms with Gasteiger partial charge in [-0.2, -0.15) is 0 Å². The molecule has 2 aromatic rings. The van der Waals surface area contributed by atoms with Crippen LogP contribution in [0.3, 0.4) is 0 Å². The number of amides is 1. The van der Waals surface area contributed by atoms with Crippen LogP contribution in [0.2, 0.25) is 5.02 Å². The normalized spacial score (nSPS) is 20.2. The van der Waals surface area contributed by atoms with Crippen molar-refractivity contribution in [3.8, 4) is 0 Å². The zero-order chi connectivity index (χ0) is 17.8. The first kappa shape index (κ1) is 17.7. The van der Waals surface area contributed by atoms with Gasteiger partial charge in [0.15, 0.2) is 0 Å². The zero-order valence-electron chi connectivity index (χ0n) is 14.3. The van der Waals surface area contributed by atoms with Crippen molar-refractivity contribution in [3.05, 3.63) is 52.6 Å². The number of carbonyl (C=O) groups excluding carboxylic acids is 1. The predicted molar refractivity (Wildman–Crippen MR) is 99.5 cm³/mol. The van der Waals surface area contributed by atoms with Crippen molar-refractivity contribution < 1.29 is 4.79 Å². The summed E-state index contributed by atoms with van der Waals surface area (Å²) in [6, 6.07) is 6.08. The lowest BCUT2D eigenvalue weighted by Gasteiger charge is -2.29. The van der Waals surface area contributed by atoms with Gasteiger partial charge >= 0.3 is 0 Å². The Hall–Kier alpha value is -2.14. The highest BCUT2D eigenvalue weighted by atomic mass is 35.5. The van der Waals surface area contributed by atoms with Crippen molar-refractivity contribution >= 4 is 23.2 Å². The average Bonchev–Trinajstić information content (AvgIpc) is 2.60. The van der Waals surface area contributed by atoms with Crippen LogP contribution in [0.15, 0.2) is 30.6 Å². The molecule has 3 rings (SSSR count). The minimum atomic E-state index is -0.138. The first-order valence-electron chi connectivity index (χ1n) is 8.64. The highest BCUT2D eigenvalue weighted by Crippen LogP contribution is 2.29. The second-order valence-electron chi connectivity index (χ2n) is 6.79. The van der Waals surface area contributed by atoms with E-state index in [1.807, 2.05) is 25.1 Å². The quantitative estimate of drug-likeness (QED) is 0.819. The van der Waals surface area contributed by atoms with Gasteiger partial charge in [0.25, 0.3) is 5.91 Å². The molecule has 132 valence electrons. The number of nitrogen functional groups attached to an aromatic ring is 1. The number of rotatable bonds is 4. The second-order valence-corrected chi connectivity index (χ2v) is 7.20. The van der Waals surface area contributed by atoms with Crippen LogP contribution >= 0.6 is 11.6 Å². The highest BCUT2D eigenvalue weighted by molar-refractivity contribution is 6.33. The van der Waals surface area contributed by atoms with Gasteiger partial charge in [-0.15, -0.1) is 0 Å². The van der Waals surface area contributed by atoms with Crippen LogP contribution in [-0.2, 0) is 6.42 Å². The third kappa shape index (κ3) is 4.69. The van der Waals surface area contributed by atoms with Crippen molar-refractivity contribution in [2.75, 3.05) is 5.73 Å². The Balaban J connectivity index is 1.49. The summed E-state index contributed by atoms with van der Waals surface area (Å²) in [4.78, 5) is 20.5. The molecule has 1 saturated carbocycles. The lowest BCUT2D eigenvalue weighted by molar-refractivity contribution is 0.0916. The van der Waals surface area contributed by atoms with Crippen molar-refractivity contribution in [2.24, 2.45) is 5.92 Å². The molecular formula is C19H23ClN4O. The molecular weight excluding hydrogens is 336 g/mol. The molecule has 0 unspecified atom stereocenters. The number of hydrogen-bond acceptors (Lipinski definition) is 4. The van der Waals surface area contributed by atoms with Crippen LogP contribution in [0.4, 0.5) is 5.69 Å². The summed E-state index contributed by atoms with van der Waals surface area (Å²) in [6.07, 6.45) is 8.30. The molecule has 1 aliphatic carbocycles. The standard InChI is InChI=1S/C19H23ClN4O/c1-12-10-23-18(11-22-12)19(25)24-15-5-2-13(3-6-15)8-14-4-7-17(21)16(20)9-14/h4,7,9-11,13,15H,2-3,5-6,8,21H2,1H3,(H,24,25)/t13-,15-. The molecule has 1 fully saturated rings. The lowest BCUT2D eigenvalue weighted by Crippen LogP contribution is -2.38. The predicted octanol–water partition coefficient (Wildman–Crippen LogP) is 3.55. The van der Waals surface area contributed by atoms with Gasteiger partial charge < -0.3 is 11.1 Å². The molecule has 0 aliphatic heterocycles. The van der Waals surface area contributed by atoms with Crippen molar-refractivity contribution in [3.63, 3.8) is 0 Å². The molecule has 6 heteroatoms. The van der Waals surface area contributed by atoms with E-state index in [0.29, 0.717) is 22.3 Å². The third-order valence-electron chi connectivity index (χ3n) is 4.78. The summed E-state index contributed by atoms with van der Waals surface area (Å²) >= 11 is 6.10. The Morgan fingerprint density at radius 2 is 2.00 bits per heavy atom. The van der Waals surface area contributed by atoms with Gasteiger partial charge in [0.2, 0.25) is 0 Å². The summed E-state index contributed by atoms with van der Waals surface area (Å²) in [5.74, 6) is 0.480. The molecule has 5 nitrogen and oxygen atoms in total. The summed E-state index contributed by atoms with van der Waals surface area (Å²) in [6.45, 7) is 1.85. The molecule has 1 aliphatic rings. The van der Waals surface area contributed by atoms with Gasteiger partial charge in [0, 0.05) is 12.2 Å². The van der Waals surface area contributed by atoms with Gasteiger partial charge in [-0.1, -0.05) is 17.7 Å². The summed E-state index contributed by atoms with van der Waals surface area (Å²) < 4.78 is 0. The monoisotopic (exact) mass is 358 g/mol. The fraction of sp³-hybridized carbons (Fsp3) is 0.421. The maximum absolute atomic E-state index is 12.2. The smallest absolute Gasteiger partial charge is 0.271 e. The van der Waals surface area contributed by atoms with Crippen molar-refractivity contribution in [1.82, 2.24) is 15.3 Å². The lowest BCUT2D eigenvalue weighted by atomic mass is 9.82. The van der Waals surface area contributed by atoms with Gasteiger partial charge in [-0.25, -0.2) is 4.98 Å². The van der Waals surface area contributed by atoms with E-state index >= 15 is 0 Å². The van der Waals surface area contributed by atoms with Crippen molar-refractivity contribution in [2.45, 2.75) is 45.1 Å². The first-order chi connectivity index (χ1) is 12.0. The van der Waals surface area contributed by atoms with Crippen LogP contribution in [-0.4, -0.2) is 21.9 Å². The molecule has 1 aromatic heterocycles. The number of nitrogens with one attached hydrogen (secondary N) is 1. The average molecular weight is 359 g/mol.